The Morgan fingerprint density at radius 2 is 1.81 bits per heavy atom. The van der Waals surface area contributed by atoms with Gasteiger partial charge in [0.15, 0.2) is 0 Å². The van der Waals surface area contributed by atoms with Gasteiger partial charge in [-0.05, 0) is 44.0 Å². The number of aryl methyl sites for hydroxylation is 2. The summed E-state index contributed by atoms with van der Waals surface area (Å²) in [6.45, 7) is 6.70. The fraction of sp³-hybridized carbons (Fsp3) is 0.318. The van der Waals surface area contributed by atoms with Crippen molar-refractivity contribution in [3.05, 3.63) is 71.0 Å². The number of rotatable bonds is 4. The van der Waals surface area contributed by atoms with E-state index in [0.717, 1.165) is 48.5 Å². The summed E-state index contributed by atoms with van der Waals surface area (Å²) in [6.07, 6.45) is 0.976. The lowest BCUT2D eigenvalue weighted by atomic mass is 10.1. The van der Waals surface area contributed by atoms with Crippen LogP contribution in [-0.4, -0.2) is 39.9 Å². The molecule has 5 nitrogen and oxygen atoms in total. The SMILES string of the molecule is Cc1nc2ccc(C(=O)N[C@H]3CCN(Cc4ccccc4)C3)cc2nc1C. The van der Waals surface area contributed by atoms with Gasteiger partial charge in [0.1, 0.15) is 0 Å². The van der Waals surface area contributed by atoms with Crippen molar-refractivity contribution in [1.29, 1.82) is 0 Å². The topological polar surface area (TPSA) is 58.1 Å². The highest BCUT2D eigenvalue weighted by Gasteiger charge is 2.24. The van der Waals surface area contributed by atoms with Crippen molar-refractivity contribution in [2.45, 2.75) is 32.9 Å². The zero-order valence-electron chi connectivity index (χ0n) is 15.8. The van der Waals surface area contributed by atoms with Crippen molar-refractivity contribution in [1.82, 2.24) is 20.2 Å². The summed E-state index contributed by atoms with van der Waals surface area (Å²) in [5, 5.41) is 3.17. The zero-order chi connectivity index (χ0) is 18.8. The van der Waals surface area contributed by atoms with Gasteiger partial charge in [-0.25, -0.2) is 9.97 Å². The molecule has 1 N–H and O–H groups in total. The zero-order valence-corrected chi connectivity index (χ0v) is 15.8. The Bertz CT molecular complexity index is 971. The van der Waals surface area contributed by atoms with E-state index in [4.69, 9.17) is 0 Å². The molecule has 0 spiro atoms. The first kappa shape index (κ1) is 17.6. The number of carbonyl (C=O) groups excluding carboxylic acids is 1. The molecule has 1 amide bonds. The second-order valence-electron chi connectivity index (χ2n) is 7.28. The third-order valence-corrected chi connectivity index (χ3v) is 5.19. The molecule has 1 saturated heterocycles. The molecule has 4 rings (SSSR count). The van der Waals surface area contributed by atoms with E-state index < -0.39 is 0 Å². The lowest BCUT2D eigenvalue weighted by Crippen LogP contribution is -2.37. The summed E-state index contributed by atoms with van der Waals surface area (Å²) in [6, 6.07) is 16.2. The van der Waals surface area contributed by atoms with Crippen LogP contribution in [0, 0.1) is 13.8 Å². The summed E-state index contributed by atoms with van der Waals surface area (Å²) < 4.78 is 0. The maximum absolute atomic E-state index is 12.7. The Balaban J connectivity index is 1.40. The average molecular weight is 360 g/mol. The first-order valence-corrected chi connectivity index (χ1v) is 9.40. The molecule has 1 atom stereocenters. The van der Waals surface area contributed by atoms with Crippen molar-refractivity contribution in [2.24, 2.45) is 0 Å². The van der Waals surface area contributed by atoms with E-state index >= 15 is 0 Å². The molecule has 5 heteroatoms. The first-order chi connectivity index (χ1) is 13.1. The standard InChI is InChI=1S/C22H24N4O/c1-15-16(2)24-21-12-18(8-9-20(21)23-15)22(27)25-19-10-11-26(14-19)13-17-6-4-3-5-7-17/h3-9,12,19H,10-11,13-14H2,1-2H3,(H,25,27)/t19-/m0/s1. The molecule has 0 unspecified atom stereocenters. The van der Waals surface area contributed by atoms with E-state index in [1.165, 1.54) is 5.56 Å². The molecule has 0 bridgehead atoms. The Morgan fingerprint density at radius 1 is 1.07 bits per heavy atom. The minimum atomic E-state index is -0.0384. The predicted octanol–water partition coefficient (Wildman–Crippen LogP) is 3.25. The average Bonchev–Trinajstić information content (AvgIpc) is 3.10. The van der Waals surface area contributed by atoms with E-state index in [1.807, 2.05) is 38.1 Å². The van der Waals surface area contributed by atoms with Crippen molar-refractivity contribution < 1.29 is 4.79 Å². The van der Waals surface area contributed by atoms with E-state index in [2.05, 4.69) is 44.5 Å². The van der Waals surface area contributed by atoms with Gasteiger partial charge in [-0.2, -0.15) is 0 Å². The number of fused-ring (bicyclic) bond motifs is 1. The molecule has 2 aromatic carbocycles. The number of likely N-dealkylation sites (tertiary alicyclic amines) is 1. The highest BCUT2D eigenvalue weighted by Crippen LogP contribution is 2.17. The number of amides is 1. The maximum atomic E-state index is 12.7. The summed E-state index contributed by atoms with van der Waals surface area (Å²) in [5.41, 5.74) is 5.36. The third-order valence-electron chi connectivity index (χ3n) is 5.19. The van der Waals surface area contributed by atoms with Crippen molar-refractivity contribution in [3.63, 3.8) is 0 Å². The highest BCUT2D eigenvalue weighted by atomic mass is 16.1. The number of hydrogen-bond donors (Lipinski definition) is 1. The molecule has 0 radical (unpaired) electrons. The quantitative estimate of drug-likeness (QED) is 0.776. The molecule has 1 aliphatic rings. The molecule has 27 heavy (non-hydrogen) atoms. The van der Waals surface area contributed by atoms with Crippen molar-refractivity contribution in [2.75, 3.05) is 13.1 Å². The molecule has 138 valence electrons. The lowest BCUT2D eigenvalue weighted by molar-refractivity contribution is 0.0937. The number of hydrogen-bond acceptors (Lipinski definition) is 4. The van der Waals surface area contributed by atoms with E-state index in [-0.39, 0.29) is 11.9 Å². The maximum Gasteiger partial charge on any atom is 0.251 e. The Labute approximate surface area is 159 Å². The fourth-order valence-electron chi connectivity index (χ4n) is 3.58. The summed E-state index contributed by atoms with van der Waals surface area (Å²) >= 11 is 0. The van der Waals surface area contributed by atoms with Gasteiger partial charge >= 0.3 is 0 Å². The number of aromatic nitrogens is 2. The summed E-state index contributed by atoms with van der Waals surface area (Å²) in [7, 11) is 0. The predicted molar refractivity (Wildman–Crippen MR) is 107 cm³/mol. The van der Waals surface area contributed by atoms with Crippen LogP contribution in [0.1, 0.15) is 33.7 Å². The largest absolute Gasteiger partial charge is 0.348 e. The van der Waals surface area contributed by atoms with Crippen LogP contribution in [0.4, 0.5) is 0 Å². The third kappa shape index (κ3) is 3.98. The van der Waals surface area contributed by atoms with E-state index in [0.29, 0.717) is 5.56 Å². The molecule has 1 aliphatic heterocycles. The minimum absolute atomic E-state index is 0.0384. The van der Waals surface area contributed by atoms with Crippen LogP contribution in [0.3, 0.4) is 0 Å². The first-order valence-electron chi connectivity index (χ1n) is 9.40. The van der Waals surface area contributed by atoms with Crippen LogP contribution in [-0.2, 0) is 6.54 Å². The summed E-state index contributed by atoms with van der Waals surface area (Å²) in [5.74, 6) is -0.0384. The lowest BCUT2D eigenvalue weighted by Gasteiger charge is -2.17. The van der Waals surface area contributed by atoms with Crippen LogP contribution < -0.4 is 5.32 Å². The molecule has 3 aromatic rings. The van der Waals surface area contributed by atoms with E-state index in [1.54, 1.807) is 0 Å². The number of nitrogens with one attached hydrogen (secondary N) is 1. The smallest absolute Gasteiger partial charge is 0.251 e. The normalized spacial score (nSPS) is 17.3. The summed E-state index contributed by atoms with van der Waals surface area (Å²) in [4.78, 5) is 24.2. The molecule has 1 fully saturated rings. The monoisotopic (exact) mass is 360 g/mol. The highest BCUT2D eigenvalue weighted by molar-refractivity contribution is 5.97. The van der Waals surface area contributed by atoms with Crippen LogP contribution in [0.2, 0.25) is 0 Å². The van der Waals surface area contributed by atoms with Gasteiger partial charge in [0, 0.05) is 31.2 Å². The van der Waals surface area contributed by atoms with Gasteiger partial charge in [0.25, 0.3) is 5.91 Å². The van der Waals surface area contributed by atoms with Crippen LogP contribution in [0.5, 0.6) is 0 Å². The minimum Gasteiger partial charge on any atom is -0.348 e. The molecule has 1 aromatic heterocycles. The van der Waals surface area contributed by atoms with Gasteiger partial charge in [-0.1, -0.05) is 30.3 Å². The fourth-order valence-corrected chi connectivity index (χ4v) is 3.58. The van der Waals surface area contributed by atoms with Crippen LogP contribution in [0.25, 0.3) is 11.0 Å². The van der Waals surface area contributed by atoms with Crippen LogP contribution in [0.15, 0.2) is 48.5 Å². The molecule has 0 aliphatic carbocycles. The molecule has 0 saturated carbocycles. The Kier molecular flexibility index (Phi) is 4.86. The number of carbonyl (C=O) groups is 1. The number of nitrogens with zero attached hydrogens (tertiary/aromatic N) is 3. The van der Waals surface area contributed by atoms with E-state index in [9.17, 15) is 4.79 Å². The second-order valence-corrected chi connectivity index (χ2v) is 7.28. The molecular formula is C22H24N4O. The second kappa shape index (κ2) is 7.45. The van der Waals surface area contributed by atoms with Gasteiger partial charge in [-0.3, -0.25) is 9.69 Å². The molecular weight excluding hydrogens is 336 g/mol. The number of benzene rings is 2. The Morgan fingerprint density at radius 3 is 2.59 bits per heavy atom. The van der Waals surface area contributed by atoms with Crippen molar-refractivity contribution >= 4 is 16.9 Å². The van der Waals surface area contributed by atoms with Gasteiger partial charge in [-0.15, -0.1) is 0 Å². The van der Waals surface area contributed by atoms with Gasteiger partial charge in [0.05, 0.1) is 22.4 Å². The molecule has 2 heterocycles. The Hall–Kier alpha value is -2.79. The van der Waals surface area contributed by atoms with Crippen molar-refractivity contribution in [3.8, 4) is 0 Å². The van der Waals surface area contributed by atoms with Gasteiger partial charge < -0.3 is 5.32 Å². The van der Waals surface area contributed by atoms with Gasteiger partial charge in [0.2, 0.25) is 0 Å². The van der Waals surface area contributed by atoms with Crippen LogP contribution >= 0.6 is 0 Å².